The summed E-state index contributed by atoms with van der Waals surface area (Å²) in [4.78, 5) is 20.7. The lowest BCUT2D eigenvalue weighted by molar-refractivity contribution is 0.0950. The highest BCUT2D eigenvalue weighted by Gasteiger charge is 2.09. The van der Waals surface area contributed by atoms with Crippen molar-refractivity contribution in [2.24, 2.45) is 5.10 Å². The van der Waals surface area contributed by atoms with Gasteiger partial charge in [0.2, 0.25) is 0 Å². The van der Waals surface area contributed by atoms with E-state index in [-0.39, 0.29) is 5.69 Å². The third kappa shape index (κ3) is 4.10. The molecule has 0 aliphatic rings. The molecule has 0 atom stereocenters. The summed E-state index contributed by atoms with van der Waals surface area (Å²) in [5, 5.41) is 3.99. The fraction of sp³-hybridized carbons (Fsp3) is 0.100. The summed E-state index contributed by atoms with van der Waals surface area (Å²) < 4.78 is 5.14. The predicted octanol–water partition coefficient (Wildman–Crippen LogP) is 3.22. The molecule has 1 N–H and O–H groups in total. The van der Waals surface area contributed by atoms with Gasteiger partial charge < -0.3 is 4.74 Å². The first kappa shape index (κ1) is 17.3. The lowest BCUT2D eigenvalue weighted by atomic mass is 10.1. The van der Waals surface area contributed by atoms with Gasteiger partial charge in [-0.25, -0.2) is 10.4 Å². The minimum atomic E-state index is -0.419. The summed E-state index contributed by atoms with van der Waals surface area (Å²) in [5.74, 6) is 0.332. The topological polar surface area (TPSA) is 76.5 Å². The molecule has 0 saturated carbocycles. The maximum atomic E-state index is 12.3. The van der Waals surface area contributed by atoms with Gasteiger partial charge in [-0.2, -0.15) is 5.10 Å². The van der Waals surface area contributed by atoms with Crippen LogP contribution in [0.15, 0.2) is 66.0 Å². The summed E-state index contributed by atoms with van der Waals surface area (Å²) in [6.45, 7) is 1.98. The first-order chi connectivity index (χ1) is 12.7. The first-order valence-corrected chi connectivity index (χ1v) is 8.03. The van der Waals surface area contributed by atoms with Crippen molar-refractivity contribution in [3.63, 3.8) is 0 Å². The van der Waals surface area contributed by atoms with E-state index in [1.54, 1.807) is 19.5 Å². The van der Waals surface area contributed by atoms with E-state index in [0.29, 0.717) is 5.69 Å². The average molecular weight is 346 g/mol. The van der Waals surface area contributed by atoms with Crippen LogP contribution in [0.3, 0.4) is 0 Å². The number of hydrogen-bond acceptors (Lipinski definition) is 5. The molecule has 0 aliphatic carbocycles. The largest absolute Gasteiger partial charge is 0.497 e. The van der Waals surface area contributed by atoms with Crippen molar-refractivity contribution in [3.05, 3.63) is 77.7 Å². The number of amides is 1. The van der Waals surface area contributed by atoms with E-state index in [2.05, 4.69) is 20.5 Å². The molecule has 6 heteroatoms. The van der Waals surface area contributed by atoms with Crippen molar-refractivity contribution in [3.8, 4) is 17.0 Å². The smallest absolute Gasteiger partial charge is 0.291 e. The Morgan fingerprint density at radius 1 is 1.12 bits per heavy atom. The third-order valence-corrected chi connectivity index (χ3v) is 3.81. The van der Waals surface area contributed by atoms with Gasteiger partial charge in [-0.15, -0.1) is 0 Å². The van der Waals surface area contributed by atoms with Crippen LogP contribution in [0.25, 0.3) is 11.3 Å². The van der Waals surface area contributed by atoms with Crippen LogP contribution in [0.2, 0.25) is 0 Å². The molecule has 3 rings (SSSR count). The number of carbonyl (C=O) groups excluding carboxylic acids is 1. The SMILES string of the molecule is COc1ccc(-c2cncc(C(=O)NN=Cc3ccccc3C)n2)cc1. The molecule has 130 valence electrons. The van der Waals surface area contributed by atoms with Crippen LogP contribution < -0.4 is 10.2 Å². The van der Waals surface area contributed by atoms with Gasteiger partial charge >= 0.3 is 0 Å². The number of nitrogens with zero attached hydrogens (tertiary/aromatic N) is 3. The molecular formula is C20H18N4O2. The zero-order chi connectivity index (χ0) is 18.4. The van der Waals surface area contributed by atoms with Gasteiger partial charge in [0.15, 0.2) is 0 Å². The van der Waals surface area contributed by atoms with Crippen LogP contribution >= 0.6 is 0 Å². The maximum Gasteiger partial charge on any atom is 0.291 e. The van der Waals surface area contributed by atoms with E-state index in [0.717, 1.165) is 22.4 Å². The van der Waals surface area contributed by atoms with Crippen molar-refractivity contribution in [1.82, 2.24) is 15.4 Å². The van der Waals surface area contributed by atoms with E-state index in [9.17, 15) is 4.79 Å². The Balaban J connectivity index is 1.72. The van der Waals surface area contributed by atoms with Crippen molar-refractivity contribution < 1.29 is 9.53 Å². The maximum absolute atomic E-state index is 12.3. The Morgan fingerprint density at radius 2 is 1.88 bits per heavy atom. The van der Waals surface area contributed by atoms with Crippen molar-refractivity contribution in [2.45, 2.75) is 6.92 Å². The fourth-order valence-electron chi connectivity index (χ4n) is 2.33. The summed E-state index contributed by atoms with van der Waals surface area (Å²) in [7, 11) is 1.61. The van der Waals surface area contributed by atoms with Crippen LogP contribution in [0.4, 0.5) is 0 Å². The standard InChI is InChI=1S/C20H18N4O2/c1-14-5-3-4-6-16(14)11-22-24-20(25)19-13-21-12-18(23-19)15-7-9-17(26-2)10-8-15/h3-13H,1-2H3,(H,24,25). The lowest BCUT2D eigenvalue weighted by Crippen LogP contribution is -2.19. The van der Waals surface area contributed by atoms with Gasteiger partial charge in [-0.1, -0.05) is 24.3 Å². The van der Waals surface area contributed by atoms with E-state index >= 15 is 0 Å². The number of ether oxygens (including phenoxy) is 1. The number of carbonyl (C=O) groups is 1. The highest BCUT2D eigenvalue weighted by Crippen LogP contribution is 2.20. The van der Waals surface area contributed by atoms with E-state index in [4.69, 9.17) is 4.74 Å². The Kier molecular flexibility index (Phi) is 5.34. The number of benzene rings is 2. The second-order valence-corrected chi connectivity index (χ2v) is 5.57. The molecule has 3 aromatic rings. The van der Waals surface area contributed by atoms with Crippen LogP contribution in [-0.2, 0) is 0 Å². The quantitative estimate of drug-likeness (QED) is 0.568. The molecule has 0 radical (unpaired) electrons. The van der Waals surface area contributed by atoms with Gasteiger partial charge in [-0.3, -0.25) is 9.78 Å². The molecule has 0 unspecified atom stereocenters. The third-order valence-electron chi connectivity index (χ3n) is 3.81. The minimum Gasteiger partial charge on any atom is -0.497 e. The molecule has 2 aromatic carbocycles. The zero-order valence-corrected chi connectivity index (χ0v) is 14.5. The molecule has 26 heavy (non-hydrogen) atoms. The number of aryl methyl sites for hydroxylation is 1. The fourth-order valence-corrected chi connectivity index (χ4v) is 2.33. The van der Waals surface area contributed by atoms with Crippen LogP contribution in [0.1, 0.15) is 21.6 Å². The number of aromatic nitrogens is 2. The van der Waals surface area contributed by atoms with E-state index in [1.165, 1.54) is 6.20 Å². The molecule has 1 aromatic heterocycles. The Labute approximate surface area is 151 Å². The summed E-state index contributed by atoms with van der Waals surface area (Å²) in [6.07, 6.45) is 4.62. The number of hydrogen-bond donors (Lipinski definition) is 1. The zero-order valence-electron chi connectivity index (χ0n) is 14.5. The number of nitrogens with one attached hydrogen (secondary N) is 1. The number of methoxy groups -OCH3 is 1. The Morgan fingerprint density at radius 3 is 2.62 bits per heavy atom. The predicted molar refractivity (Wildman–Crippen MR) is 100 cm³/mol. The molecular weight excluding hydrogens is 328 g/mol. The minimum absolute atomic E-state index is 0.195. The first-order valence-electron chi connectivity index (χ1n) is 8.03. The van der Waals surface area contributed by atoms with Crippen molar-refractivity contribution >= 4 is 12.1 Å². The van der Waals surface area contributed by atoms with E-state index < -0.39 is 5.91 Å². The second-order valence-electron chi connectivity index (χ2n) is 5.57. The van der Waals surface area contributed by atoms with Crippen LogP contribution in [0, 0.1) is 6.92 Å². The van der Waals surface area contributed by atoms with Crippen molar-refractivity contribution in [1.29, 1.82) is 0 Å². The highest BCUT2D eigenvalue weighted by atomic mass is 16.5. The second kappa shape index (κ2) is 8.02. The molecule has 0 fully saturated rings. The Bertz CT molecular complexity index is 937. The molecule has 0 aliphatic heterocycles. The highest BCUT2D eigenvalue weighted by molar-refractivity contribution is 5.93. The Hall–Kier alpha value is -3.54. The van der Waals surface area contributed by atoms with Gasteiger partial charge in [0.25, 0.3) is 5.91 Å². The normalized spacial score (nSPS) is 10.7. The molecule has 1 amide bonds. The van der Waals surface area contributed by atoms with E-state index in [1.807, 2.05) is 55.5 Å². The molecule has 6 nitrogen and oxygen atoms in total. The molecule has 0 bridgehead atoms. The van der Waals surface area contributed by atoms with Crippen molar-refractivity contribution in [2.75, 3.05) is 7.11 Å². The number of rotatable bonds is 5. The monoisotopic (exact) mass is 346 g/mol. The molecule has 1 heterocycles. The summed E-state index contributed by atoms with van der Waals surface area (Å²) in [6, 6.07) is 15.2. The summed E-state index contributed by atoms with van der Waals surface area (Å²) in [5.41, 5.74) is 6.13. The molecule has 0 saturated heterocycles. The molecule has 0 spiro atoms. The van der Waals surface area contributed by atoms with Crippen LogP contribution in [-0.4, -0.2) is 29.2 Å². The average Bonchev–Trinajstić information content (AvgIpc) is 2.69. The lowest BCUT2D eigenvalue weighted by Gasteiger charge is -2.05. The van der Waals surface area contributed by atoms with Gasteiger partial charge in [0.1, 0.15) is 11.4 Å². The van der Waals surface area contributed by atoms with Gasteiger partial charge in [0.05, 0.1) is 31.4 Å². The number of hydrazone groups is 1. The van der Waals surface area contributed by atoms with Crippen LogP contribution in [0.5, 0.6) is 5.75 Å². The summed E-state index contributed by atoms with van der Waals surface area (Å²) >= 11 is 0. The van der Waals surface area contributed by atoms with Gasteiger partial charge in [0, 0.05) is 5.56 Å². The van der Waals surface area contributed by atoms with Gasteiger partial charge in [-0.05, 0) is 42.3 Å².